The van der Waals surface area contributed by atoms with Gasteiger partial charge in [0.25, 0.3) is 0 Å². The number of phenols is 1. The minimum Gasteiger partial charge on any atom is -0.508 e. The molecule has 2 rings (SSSR count). The van der Waals surface area contributed by atoms with E-state index in [1.54, 1.807) is 23.9 Å². The van der Waals surface area contributed by atoms with E-state index >= 15 is 0 Å². The number of thioether (sulfide) groups is 1. The van der Waals surface area contributed by atoms with E-state index in [1.807, 2.05) is 26.0 Å². The summed E-state index contributed by atoms with van der Waals surface area (Å²) in [6.45, 7) is 4.05. The van der Waals surface area contributed by atoms with Crippen LogP contribution in [-0.2, 0) is 5.75 Å². The van der Waals surface area contributed by atoms with Gasteiger partial charge in [0.15, 0.2) is 5.82 Å². The Balaban J connectivity index is 1.97. The van der Waals surface area contributed by atoms with Crippen molar-refractivity contribution in [3.05, 3.63) is 36.0 Å². The first-order chi connectivity index (χ1) is 8.15. The molecule has 90 valence electrons. The summed E-state index contributed by atoms with van der Waals surface area (Å²) >= 11 is 1.56. The lowest BCUT2D eigenvalue weighted by molar-refractivity contribution is 0.383. The van der Waals surface area contributed by atoms with Crippen molar-refractivity contribution < 1.29 is 9.63 Å². The van der Waals surface area contributed by atoms with Crippen LogP contribution in [0.3, 0.4) is 0 Å². The van der Waals surface area contributed by atoms with Gasteiger partial charge in [-0.2, -0.15) is 4.98 Å². The lowest BCUT2D eigenvalue weighted by atomic mass is 10.2. The highest BCUT2D eigenvalue weighted by atomic mass is 32.2. The Labute approximate surface area is 104 Å². The molecule has 1 N–H and O–H groups in total. The molecule has 0 bridgehead atoms. The van der Waals surface area contributed by atoms with Crippen molar-refractivity contribution in [2.24, 2.45) is 0 Å². The fraction of sp³-hybridized carbons (Fsp3) is 0.333. The molecule has 0 spiro atoms. The molecule has 0 aliphatic rings. The predicted octanol–water partition coefficient (Wildman–Crippen LogP) is 3.19. The third kappa shape index (κ3) is 3.23. The number of nitrogens with zero attached hydrogens (tertiary/aromatic N) is 2. The average molecular weight is 250 g/mol. The maximum atomic E-state index is 9.32. The van der Waals surface area contributed by atoms with Crippen molar-refractivity contribution in [3.63, 3.8) is 0 Å². The van der Waals surface area contributed by atoms with Crippen LogP contribution in [0, 0.1) is 0 Å². The highest BCUT2D eigenvalue weighted by molar-refractivity contribution is 7.98. The normalized spacial score (nSPS) is 11.0. The SMILES string of the molecule is CC(C)c1noc(CSc2cccc(O)c2)n1. The van der Waals surface area contributed by atoms with Crippen molar-refractivity contribution in [2.45, 2.75) is 30.4 Å². The number of aromatic nitrogens is 2. The summed E-state index contributed by atoms with van der Waals surface area (Å²) in [4.78, 5) is 5.27. The highest BCUT2D eigenvalue weighted by Gasteiger charge is 2.09. The van der Waals surface area contributed by atoms with Crippen LogP contribution in [0.15, 0.2) is 33.7 Å². The zero-order chi connectivity index (χ0) is 12.3. The summed E-state index contributed by atoms with van der Waals surface area (Å²) in [7, 11) is 0. The molecule has 0 unspecified atom stereocenters. The third-order valence-corrected chi connectivity index (χ3v) is 3.16. The molecular formula is C12H14N2O2S. The van der Waals surface area contributed by atoms with E-state index in [9.17, 15) is 5.11 Å². The van der Waals surface area contributed by atoms with Gasteiger partial charge in [-0.1, -0.05) is 25.1 Å². The smallest absolute Gasteiger partial charge is 0.237 e. The summed E-state index contributed by atoms with van der Waals surface area (Å²) in [6, 6.07) is 7.10. The number of rotatable bonds is 4. The van der Waals surface area contributed by atoms with Crippen LogP contribution in [0.25, 0.3) is 0 Å². The second kappa shape index (κ2) is 5.23. The van der Waals surface area contributed by atoms with Crippen molar-refractivity contribution in [1.82, 2.24) is 10.1 Å². The Bertz CT molecular complexity index is 497. The van der Waals surface area contributed by atoms with Gasteiger partial charge in [0, 0.05) is 10.8 Å². The van der Waals surface area contributed by atoms with E-state index in [2.05, 4.69) is 10.1 Å². The van der Waals surface area contributed by atoms with E-state index in [-0.39, 0.29) is 11.7 Å². The van der Waals surface area contributed by atoms with Crippen molar-refractivity contribution in [1.29, 1.82) is 0 Å². The van der Waals surface area contributed by atoms with Gasteiger partial charge in [-0.25, -0.2) is 0 Å². The third-order valence-electron chi connectivity index (χ3n) is 2.18. The Morgan fingerprint density at radius 1 is 1.41 bits per heavy atom. The first-order valence-corrected chi connectivity index (χ1v) is 6.38. The first-order valence-electron chi connectivity index (χ1n) is 5.39. The number of phenolic OH excluding ortho intramolecular Hbond substituents is 1. The van der Waals surface area contributed by atoms with E-state index in [0.29, 0.717) is 11.6 Å². The van der Waals surface area contributed by atoms with Gasteiger partial charge < -0.3 is 9.63 Å². The largest absolute Gasteiger partial charge is 0.508 e. The molecule has 1 aromatic heterocycles. The molecule has 17 heavy (non-hydrogen) atoms. The van der Waals surface area contributed by atoms with Crippen LogP contribution in [-0.4, -0.2) is 15.2 Å². The van der Waals surface area contributed by atoms with E-state index < -0.39 is 0 Å². The molecule has 4 nitrogen and oxygen atoms in total. The Morgan fingerprint density at radius 3 is 2.88 bits per heavy atom. The molecule has 2 aromatic rings. The maximum absolute atomic E-state index is 9.32. The van der Waals surface area contributed by atoms with Crippen LogP contribution in [0.2, 0.25) is 0 Å². The Kier molecular flexibility index (Phi) is 3.68. The zero-order valence-corrected chi connectivity index (χ0v) is 10.6. The predicted molar refractivity (Wildman–Crippen MR) is 66.1 cm³/mol. The van der Waals surface area contributed by atoms with Crippen LogP contribution in [0.4, 0.5) is 0 Å². The van der Waals surface area contributed by atoms with Gasteiger partial charge in [-0.05, 0) is 18.2 Å². The van der Waals surface area contributed by atoms with Gasteiger partial charge in [-0.15, -0.1) is 11.8 Å². The minimum atomic E-state index is 0.267. The summed E-state index contributed by atoms with van der Waals surface area (Å²) in [5.41, 5.74) is 0. The van der Waals surface area contributed by atoms with Crippen LogP contribution in [0.1, 0.15) is 31.5 Å². The molecule has 0 amide bonds. The van der Waals surface area contributed by atoms with Gasteiger partial charge in [0.1, 0.15) is 5.75 Å². The molecule has 0 fully saturated rings. The van der Waals surface area contributed by atoms with Crippen LogP contribution in [0.5, 0.6) is 5.75 Å². The average Bonchev–Trinajstić information content (AvgIpc) is 2.75. The number of hydrogen-bond acceptors (Lipinski definition) is 5. The zero-order valence-electron chi connectivity index (χ0n) is 9.75. The molecule has 0 saturated carbocycles. The summed E-state index contributed by atoms with van der Waals surface area (Å²) in [5, 5.41) is 13.2. The number of aromatic hydroxyl groups is 1. The quantitative estimate of drug-likeness (QED) is 0.844. The fourth-order valence-corrected chi connectivity index (χ4v) is 2.07. The lowest BCUT2D eigenvalue weighted by Crippen LogP contribution is -1.90. The second-order valence-electron chi connectivity index (χ2n) is 3.99. The lowest BCUT2D eigenvalue weighted by Gasteiger charge is -1.98. The minimum absolute atomic E-state index is 0.267. The molecule has 5 heteroatoms. The van der Waals surface area contributed by atoms with E-state index in [4.69, 9.17) is 4.52 Å². The maximum Gasteiger partial charge on any atom is 0.237 e. The van der Waals surface area contributed by atoms with Crippen molar-refractivity contribution in [3.8, 4) is 5.75 Å². The van der Waals surface area contributed by atoms with Gasteiger partial charge in [0.05, 0.1) is 5.75 Å². The Hall–Kier alpha value is -1.49. The van der Waals surface area contributed by atoms with Gasteiger partial charge in [-0.3, -0.25) is 0 Å². The fourth-order valence-electron chi connectivity index (χ4n) is 1.28. The van der Waals surface area contributed by atoms with Crippen LogP contribution < -0.4 is 0 Å². The molecule has 0 radical (unpaired) electrons. The van der Waals surface area contributed by atoms with Gasteiger partial charge in [0.2, 0.25) is 5.89 Å². The van der Waals surface area contributed by atoms with E-state index in [0.717, 1.165) is 10.7 Å². The van der Waals surface area contributed by atoms with Crippen molar-refractivity contribution >= 4 is 11.8 Å². The molecule has 0 aliphatic heterocycles. The molecule has 1 aromatic carbocycles. The molecular weight excluding hydrogens is 236 g/mol. The summed E-state index contributed by atoms with van der Waals surface area (Å²) < 4.78 is 5.13. The first kappa shape index (κ1) is 12.0. The summed E-state index contributed by atoms with van der Waals surface area (Å²) in [5.74, 6) is 2.50. The van der Waals surface area contributed by atoms with Crippen LogP contribution >= 0.6 is 11.8 Å². The number of hydrogen-bond donors (Lipinski definition) is 1. The van der Waals surface area contributed by atoms with E-state index in [1.165, 1.54) is 0 Å². The molecule has 1 heterocycles. The summed E-state index contributed by atoms with van der Waals surface area (Å²) in [6.07, 6.45) is 0. The van der Waals surface area contributed by atoms with Crippen molar-refractivity contribution in [2.75, 3.05) is 0 Å². The second-order valence-corrected chi connectivity index (χ2v) is 5.04. The Morgan fingerprint density at radius 2 is 2.24 bits per heavy atom. The number of benzene rings is 1. The topological polar surface area (TPSA) is 59.2 Å². The van der Waals surface area contributed by atoms with Gasteiger partial charge >= 0.3 is 0 Å². The molecule has 0 saturated heterocycles. The highest BCUT2D eigenvalue weighted by Crippen LogP contribution is 2.25. The standard InChI is InChI=1S/C12H14N2O2S/c1-8(2)12-13-11(16-14-12)7-17-10-5-3-4-9(15)6-10/h3-6,8,15H,7H2,1-2H3. The monoisotopic (exact) mass is 250 g/mol. The molecule has 0 aliphatic carbocycles. The molecule has 0 atom stereocenters.